The average Bonchev–Trinajstić information content (AvgIpc) is 3.31. The second kappa shape index (κ2) is 8.36. The van der Waals surface area contributed by atoms with Gasteiger partial charge >= 0.3 is 0 Å². The van der Waals surface area contributed by atoms with E-state index >= 15 is 4.39 Å². The Morgan fingerprint density at radius 2 is 2.10 bits per heavy atom. The van der Waals surface area contributed by atoms with Crippen molar-refractivity contribution in [3.05, 3.63) is 59.2 Å². The Balaban J connectivity index is 1.57. The number of hydrogen-bond donors (Lipinski definition) is 2. The first-order chi connectivity index (χ1) is 15.1. The van der Waals surface area contributed by atoms with Gasteiger partial charge in [-0.1, -0.05) is 15.9 Å². The van der Waals surface area contributed by atoms with Crippen LogP contribution in [0.4, 0.5) is 15.9 Å². The molecule has 0 radical (unpaired) electrons. The van der Waals surface area contributed by atoms with Crippen LogP contribution in [0, 0.1) is 5.82 Å². The number of halogens is 2. The molecule has 4 aromatic rings. The number of ether oxygens (including phenoxy) is 1. The standard InChI is InChI=1S/C23H21BrFN5O/c1-13(16-5-3-9-26-16)31-20-11-14(24)10-19-21(20)23(29-12-28-19)30-18-7-6-17-15(22(18)25)4-2-8-27-17/h2,4,6-8,10-13,16,26H,3,5,9H2,1H3,(H,28,29,30). The van der Waals surface area contributed by atoms with Crippen molar-refractivity contribution >= 4 is 49.2 Å². The zero-order valence-electron chi connectivity index (χ0n) is 16.9. The topological polar surface area (TPSA) is 72.0 Å². The lowest BCUT2D eigenvalue weighted by Crippen LogP contribution is -2.36. The lowest BCUT2D eigenvalue weighted by molar-refractivity contribution is 0.182. The number of nitrogens with one attached hydrogen (secondary N) is 2. The van der Waals surface area contributed by atoms with Gasteiger partial charge in [-0.15, -0.1) is 0 Å². The summed E-state index contributed by atoms with van der Waals surface area (Å²) >= 11 is 3.54. The van der Waals surface area contributed by atoms with E-state index in [0.717, 1.165) is 23.9 Å². The van der Waals surface area contributed by atoms with Crippen molar-refractivity contribution in [3.8, 4) is 5.75 Å². The Kier molecular flexibility index (Phi) is 5.41. The van der Waals surface area contributed by atoms with Crippen LogP contribution in [0.3, 0.4) is 0 Å². The molecule has 2 aromatic heterocycles. The zero-order chi connectivity index (χ0) is 21.4. The van der Waals surface area contributed by atoms with Crippen molar-refractivity contribution in [2.75, 3.05) is 11.9 Å². The number of nitrogens with zero attached hydrogens (tertiary/aromatic N) is 3. The molecule has 31 heavy (non-hydrogen) atoms. The van der Waals surface area contributed by atoms with Crippen LogP contribution in [0.5, 0.6) is 5.75 Å². The monoisotopic (exact) mass is 481 g/mol. The van der Waals surface area contributed by atoms with E-state index in [-0.39, 0.29) is 11.9 Å². The molecule has 8 heteroatoms. The van der Waals surface area contributed by atoms with E-state index in [1.807, 2.05) is 12.1 Å². The third-order valence-electron chi connectivity index (χ3n) is 5.62. The Morgan fingerprint density at radius 1 is 1.19 bits per heavy atom. The zero-order valence-corrected chi connectivity index (χ0v) is 18.5. The first-order valence-corrected chi connectivity index (χ1v) is 11.0. The van der Waals surface area contributed by atoms with Gasteiger partial charge in [-0.05, 0) is 62.7 Å². The molecule has 0 amide bonds. The minimum atomic E-state index is -0.375. The van der Waals surface area contributed by atoms with Gasteiger partial charge in [0.1, 0.15) is 24.0 Å². The summed E-state index contributed by atoms with van der Waals surface area (Å²) in [5.41, 5.74) is 1.63. The number of fused-ring (bicyclic) bond motifs is 2. The van der Waals surface area contributed by atoms with Gasteiger partial charge in [-0.3, -0.25) is 4.98 Å². The SMILES string of the molecule is CC(Oc1cc(Br)cc2ncnc(Nc3ccc4ncccc4c3F)c12)C1CCCN1. The lowest BCUT2D eigenvalue weighted by Gasteiger charge is -2.23. The number of rotatable bonds is 5. The molecule has 2 atom stereocenters. The van der Waals surface area contributed by atoms with Crippen LogP contribution in [0.25, 0.3) is 21.8 Å². The summed E-state index contributed by atoms with van der Waals surface area (Å²) in [5, 5.41) is 7.78. The average molecular weight is 482 g/mol. The Labute approximate surface area is 187 Å². The summed E-state index contributed by atoms with van der Waals surface area (Å²) in [5.74, 6) is 0.762. The Bertz CT molecular complexity index is 1260. The molecule has 1 saturated heterocycles. The van der Waals surface area contributed by atoms with E-state index in [2.05, 4.69) is 48.4 Å². The summed E-state index contributed by atoms with van der Waals surface area (Å²) in [6.07, 6.45) is 5.30. The van der Waals surface area contributed by atoms with Crippen molar-refractivity contribution in [2.45, 2.75) is 31.9 Å². The first-order valence-electron chi connectivity index (χ1n) is 10.2. The number of aromatic nitrogens is 3. The van der Waals surface area contributed by atoms with Gasteiger partial charge in [0.2, 0.25) is 0 Å². The van der Waals surface area contributed by atoms with E-state index in [1.54, 1.807) is 30.5 Å². The summed E-state index contributed by atoms with van der Waals surface area (Å²) in [6.45, 7) is 3.06. The van der Waals surface area contributed by atoms with Crippen molar-refractivity contribution < 1.29 is 9.13 Å². The summed E-state index contributed by atoms with van der Waals surface area (Å²) < 4.78 is 22.4. The predicted molar refractivity (Wildman–Crippen MR) is 123 cm³/mol. The van der Waals surface area contributed by atoms with Gasteiger partial charge in [0.05, 0.1) is 22.1 Å². The van der Waals surface area contributed by atoms with Crippen LogP contribution in [0.1, 0.15) is 19.8 Å². The highest BCUT2D eigenvalue weighted by atomic mass is 79.9. The van der Waals surface area contributed by atoms with Crippen LogP contribution in [-0.4, -0.2) is 33.6 Å². The molecule has 0 spiro atoms. The number of hydrogen-bond acceptors (Lipinski definition) is 6. The molecule has 5 rings (SSSR count). The fourth-order valence-corrected chi connectivity index (χ4v) is 4.47. The Morgan fingerprint density at radius 3 is 2.94 bits per heavy atom. The molecule has 0 bridgehead atoms. The summed E-state index contributed by atoms with van der Waals surface area (Å²) in [7, 11) is 0. The predicted octanol–water partition coefficient (Wildman–Crippen LogP) is 5.34. The Hall–Kier alpha value is -2.84. The third-order valence-corrected chi connectivity index (χ3v) is 6.07. The maximum Gasteiger partial charge on any atom is 0.156 e. The van der Waals surface area contributed by atoms with E-state index in [0.29, 0.717) is 45.1 Å². The molecular formula is C23H21BrFN5O. The second-order valence-electron chi connectivity index (χ2n) is 7.67. The molecule has 1 fully saturated rings. The quantitative estimate of drug-likeness (QED) is 0.400. The van der Waals surface area contributed by atoms with Gasteiger partial charge in [0.15, 0.2) is 5.82 Å². The fourth-order valence-electron chi connectivity index (χ4n) is 4.04. The third kappa shape index (κ3) is 3.93. The molecule has 1 aliphatic rings. The molecule has 2 aromatic carbocycles. The highest BCUT2D eigenvalue weighted by molar-refractivity contribution is 9.10. The molecular weight excluding hydrogens is 461 g/mol. The molecule has 0 aliphatic carbocycles. The normalized spacial score (nSPS) is 17.2. The largest absolute Gasteiger partial charge is 0.488 e. The summed E-state index contributed by atoms with van der Waals surface area (Å²) in [6, 6.07) is 11.0. The van der Waals surface area contributed by atoms with E-state index in [9.17, 15) is 0 Å². The highest BCUT2D eigenvalue weighted by Crippen LogP contribution is 2.36. The van der Waals surface area contributed by atoms with Crippen LogP contribution < -0.4 is 15.4 Å². The van der Waals surface area contributed by atoms with Crippen molar-refractivity contribution in [3.63, 3.8) is 0 Å². The molecule has 1 aliphatic heterocycles. The molecule has 0 saturated carbocycles. The van der Waals surface area contributed by atoms with Gasteiger partial charge in [0, 0.05) is 22.1 Å². The van der Waals surface area contributed by atoms with E-state index in [4.69, 9.17) is 4.74 Å². The second-order valence-corrected chi connectivity index (χ2v) is 8.58. The number of benzene rings is 2. The van der Waals surface area contributed by atoms with E-state index in [1.165, 1.54) is 6.33 Å². The molecule has 3 heterocycles. The molecule has 2 unspecified atom stereocenters. The lowest BCUT2D eigenvalue weighted by atomic mass is 10.1. The van der Waals surface area contributed by atoms with Crippen LogP contribution in [0.2, 0.25) is 0 Å². The minimum absolute atomic E-state index is 0.0310. The van der Waals surface area contributed by atoms with Crippen molar-refractivity contribution in [2.24, 2.45) is 0 Å². The number of pyridine rings is 1. The first kappa shape index (κ1) is 20.1. The van der Waals surface area contributed by atoms with Crippen LogP contribution >= 0.6 is 15.9 Å². The van der Waals surface area contributed by atoms with E-state index < -0.39 is 0 Å². The molecule has 2 N–H and O–H groups in total. The van der Waals surface area contributed by atoms with Gasteiger partial charge in [-0.25, -0.2) is 14.4 Å². The maximum atomic E-state index is 15.1. The van der Waals surface area contributed by atoms with Crippen LogP contribution in [-0.2, 0) is 0 Å². The minimum Gasteiger partial charge on any atom is -0.488 e. The molecule has 6 nitrogen and oxygen atoms in total. The van der Waals surface area contributed by atoms with Crippen molar-refractivity contribution in [1.82, 2.24) is 20.3 Å². The highest BCUT2D eigenvalue weighted by Gasteiger charge is 2.24. The van der Waals surface area contributed by atoms with Crippen LogP contribution in [0.15, 0.2) is 53.4 Å². The number of anilines is 2. The van der Waals surface area contributed by atoms with Crippen molar-refractivity contribution in [1.29, 1.82) is 0 Å². The van der Waals surface area contributed by atoms with Gasteiger partial charge in [-0.2, -0.15) is 0 Å². The van der Waals surface area contributed by atoms with Gasteiger partial charge in [0.25, 0.3) is 0 Å². The fraction of sp³-hybridized carbons (Fsp3) is 0.261. The molecule has 158 valence electrons. The smallest absolute Gasteiger partial charge is 0.156 e. The maximum absolute atomic E-state index is 15.1. The summed E-state index contributed by atoms with van der Waals surface area (Å²) in [4.78, 5) is 13.0. The van der Waals surface area contributed by atoms with Gasteiger partial charge < -0.3 is 15.4 Å².